The van der Waals surface area contributed by atoms with E-state index in [9.17, 15) is 5.11 Å². The molecule has 0 radical (unpaired) electrons. The second kappa shape index (κ2) is 3.35. The van der Waals surface area contributed by atoms with Gasteiger partial charge in [0.15, 0.2) is 0 Å². The number of fused-ring (bicyclic) bond motifs is 1. The van der Waals surface area contributed by atoms with Crippen molar-refractivity contribution >= 4 is 16.6 Å². The van der Waals surface area contributed by atoms with Gasteiger partial charge >= 0.3 is 0 Å². The van der Waals surface area contributed by atoms with Gasteiger partial charge < -0.3 is 15.4 Å². The van der Waals surface area contributed by atoms with Gasteiger partial charge in [-0.15, -0.1) is 0 Å². The average Bonchev–Trinajstić information content (AvgIpc) is 2.47. The summed E-state index contributed by atoms with van der Waals surface area (Å²) in [7, 11) is 0. The van der Waals surface area contributed by atoms with Crippen molar-refractivity contribution in [3.05, 3.63) is 30.5 Å². The summed E-state index contributed by atoms with van der Waals surface area (Å²) in [5.74, 6) is 0. The van der Waals surface area contributed by atoms with Crippen molar-refractivity contribution in [1.29, 1.82) is 0 Å². The third kappa shape index (κ3) is 1.59. The molecule has 14 heavy (non-hydrogen) atoms. The Labute approximate surface area is 82.8 Å². The Hall–Kier alpha value is -1.48. The first-order valence-electron chi connectivity index (χ1n) is 4.69. The van der Waals surface area contributed by atoms with Gasteiger partial charge in [-0.1, -0.05) is 6.07 Å². The smallest absolute Gasteiger partial charge is 0.0691 e. The van der Waals surface area contributed by atoms with E-state index >= 15 is 0 Å². The first-order chi connectivity index (χ1) is 6.66. The molecule has 2 rings (SSSR count). The topological polar surface area (TPSA) is 51.2 Å². The van der Waals surface area contributed by atoms with Gasteiger partial charge in [0.2, 0.25) is 0 Å². The summed E-state index contributed by atoms with van der Waals surface area (Å²) in [5, 5.41) is 10.5. The van der Waals surface area contributed by atoms with Crippen molar-refractivity contribution in [2.75, 3.05) is 5.73 Å². The molecule has 0 saturated heterocycles. The molecule has 2 aromatic rings. The number of nitrogen functional groups attached to an aromatic ring is 1. The van der Waals surface area contributed by atoms with Crippen molar-refractivity contribution in [3.63, 3.8) is 0 Å². The Morgan fingerprint density at radius 2 is 2.21 bits per heavy atom. The summed E-state index contributed by atoms with van der Waals surface area (Å²) < 4.78 is 2.01. The van der Waals surface area contributed by atoms with Crippen LogP contribution in [0.15, 0.2) is 30.5 Å². The van der Waals surface area contributed by atoms with Crippen molar-refractivity contribution in [1.82, 2.24) is 4.57 Å². The predicted molar refractivity (Wildman–Crippen MR) is 58.0 cm³/mol. The maximum Gasteiger partial charge on any atom is 0.0691 e. The van der Waals surface area contributed by atoms with E-state index < -0.39 is 0 Å². The first-order valence-corrected chi connectivity index (χ1v) is 4.69. The second-order valence-corrected chi connectivity index (χ2v) is 3.64. The fraction of sp³-hybridized carbons (Fsp3) is 0.273. The van der Waals surface area contributed by atoms with Crippen LogP contribution in [0.25, 0.3) is 10.9 Å². The monoisotopic (exact) mass is 190 g/mol. The maximum atomic E-state index is 9.30. The van der Waals surface area contributed by atoms with Crippen LogP contribution in [-0.2, 0) is 6.54 Å². The van der Waals surface area contributed by atoms with E-state index in [4.69, 9.17) is 5.73 Å². The Balaban J connectivity index is 2.50. The van der Waals surface area contributed by atoms with Crippen LogP contribution in [0.5, 0.6) is 0 Å². The van der Waals surface area contributed by atoms with Crippen LogP contribution in [0.2, 0.25) is 0 Å². The highest BCUT2D eigenvalue weighted by Gasteiger charge is 2.03. The van der Waals surface area contributed by atoms with Crippen LogP contribution in [0.1, 0.15) is 6.92 Å². The van der Waals surface area contributed by atoms with Crippen LogP contribution in [0.4, 0.5) is 5.69 Å². The fourth-order valence-corrected chi connectivity index (χ4v) is 1.64. The molecule has 1 unspecified atom stereocenters. The van der Waals surface area contributed by atoms with Gasteiger partial charge in [-0.05, 0) is 30.5 Å². The molecular formula is C11H14N2O. The molecule has 0 fully saturated rings. The molecule has 0 aliphatic carbocycles. The van der Waals surface area contributed by atoms with Gasteiger partial charge in [0.05, 0.1) is 11.6 Å². The van der Waals surface area contributed by atoms with Gasteiger partial charge in [-0.3, -0.25) is 0 Å². The zero-order chi connectivity index (χ0) is 10.1. The number of nitrogens with two attached hydrogens (primary N) is 1. The summed E-state index contributed by atoms with van der Waals surface area (Å²) in [6.07, 6.45) is 1.63. The third-order valence-corrected chi connectivity index (χ3v) is 2.26. The van der Waals surface area contributed by atoms with Crippen LogP contribution < -0.4 is 5.73 Å². The number of aliphatic hydroxyl groups excluding tert-OH is 1. The van der Waals surface area contributed by atoms with Gasteiger partial charge in [0.25, 0.3) is 0 Å². The number of hydrogen-bond acceptors (Lipinski definition) is 2. The van der Waals surface area contributed by atoms with Gasteiger partial charge in [-0.2, -0.15) is 0 Å². The average molecular weight is 190 g/mol. The van der Waals surface area contributed by atoms with E-state index in [1.165, 1.54) is 0 Å². The Kier molecular flexibility index (Phi) is 2.17. The molecule has 3 N–H and O–H groups in total. The molecular weight excluding hydrogens is 176 g/mol. The van der Waals surface area contributed by atoms with E-state index in [0.717, 1.165) is 16.6 Å². The normalized spacial score (nSPS) is 13.3. The SMILES string of the molecule is CC(O)Cn1ccc2ccc(N)cc21. The summed E-state index contributed by atoms with van der Waals surface area (Å²) >= 11 is 0. The minimum Gasteiger partial charge on any atom is -0.399 e. The highest BCUT2D eigenvalue weighted by Crippen LogP contribution is 2.18. The first kappa shape index (κ1) is 9.09. The number of rotatable bonds is 2. The summed E-state index contributed by atoms with van der Waals surface area (Å²) in [4.78, 5) is 0. The van der Waals surface area contributed by atoms with Gasteiger partial charge in [0, 0.05) is 18.4 Å². The lowest BCUT2D eigenvalue weighted by atomic mass is 10.2. The van der Waals surface area contributed by atoms with Gasteiger partial charge in [-0.25, -0.2) is 0 Å². The Morgan fingerprint density at radius 3 is 2.93 bits per heavy atom. The molecule has 74 valence electrons. The van der Waals surface area contributed by atoms with E-state index in [1.54, 1.807) is 6.92 Å². The molecule has 1 atom stereocenters. The summed E-state index contributed by atoms with van der Waals surface area (Å²) in [6, 6.07) is 7.83. The van der Waals surface area contributed by atoms with Crippen LogP contribution in [0.3, 0.4) is 0 Å². The van der Waals surface area contributed by atoms with Crippen LogP contribution in [0, 0.1) is 0 Å². The third-order valence-electron chi connectivity index (χ3n) is 2.26. The van der Waals surface area contributed by atoms with E-state index in [1.807, 2.05) is 35.0 Å². The number of benzene rings is 1. The molecule has 0 saturated carbocycles. The lowest BCUT2D eigenvalue weighted by Crippen LogP contribution is -2.10. The molecule has 0 aliphatic rings. The predicted octanol–water partition coefficient (Wildman–Crippen LogP) is 1.60. The maximum absolute atomic E-state index is 9.30. The van der Waals surface area contributed by atoms with Crippen molar-refractivity contribution in [3.8, 4) is 0 Å². The number of hydrogen-bond donors (Lipinski definition) is 2. The summed E-state index contributed by atoms with van der Waals surface area (Å²) in [5.41, 5.74) is 7.53. The molecule has 1 aromatic carbocycles. The molecule has 0 spiro atoms. The summed E-state index contributed by atoms with van der Waals surface area (Å²) in [6.45, 7) is 2.38. The van der Waals surface area contributed by atoms with Gasteiger partial charge in [0.1, 0.15) is 0 Å². The van der Waals surface area contributed by atoms with Crippen LogP contribution >= 0.6 is 0 Å². The van der Waals surface area contributed by atoms with Crippen molar-refractivity contribution < 1.29 is 5.11 Å². The zero-order valence-electron chi connectivity index (χ0n) is 8.14. The largest absolute Gasteiger partial charge is 0.399 e. The number of nitrogens with zero attached hydrogens (tertiary/aromatic N) is 1. The van der Waals surface area contributed by atoms with Crippen LogP contribution in [-0.4, -0.2) is 15.8 Å². The van der Waals surface area contributed by atoms with E-state index in [-0.39, 0.29) is 6.10 Å². The minimum atomic E-state index is -0.341. The van der Waals surface area contributed by atoms with E-state index in [2.05, 4.69) is 0 Å². The van der Waals surface area contributed by atoms with Crippen molar-refractivity contribution in [2.24, 2.45) is 0 Å². The quantitative estimate of drug-likeness (QED) is 0.707. The molecule has 3 nitrogen and oxygen atoms in total. The molecule has 0 amide bonds. The number of aliphatic hydroxyl groups is 1. The highest BCUT2D eigenvalue weighted by molar-refractivity contribution is 5.83. The molecule has 3 heteroatoms. The minimum absolute atomic E-state index is 0.341. The highest BCUT2D eigenvalue weighted by atomic mass is 16.3. The van der Waals surface area contributed by atoms with Crippen molar-refractivity contribution in [2.45, 2.75) is 19.6 Å². The molecule has 0 bridgehead atoms. The number of aromatic nitrogens is 1. The Bertz CT molecular complexity index is 445. The molecule has 0 aliphatic heterocycles. The zero-order valence-corrected chi connectivity index (χ0v) is 8.14. The fourth-order valence-electron chi connectivity index (χ4n) is 1.64. The lowest BCUT2D eigenvalue weighted by Gasteiger charge is -2.07. The Morgan fingerprint density at radius 1 is 1.43 bits per heavy atom. The lowest BCUT2D eigenvalue weighted by molar-refractivity contribution is 0.175. The molecule has 1 aromatic heterocycles. The van der Waals surface area contributed by atoms with E-state index in [0.29, 0.717) is 6.54 Å². The molecule has 1 heterocycles. The standard InChI is InChI=1S/C11H14N2O/c1-8(14)7-13-5-4-9-2-3-10(12)6-11(9)13/h2-6,8,14H,7,12H2,1H3. The second-order valence-electron chi connectivity index (χ2n) is 3.64. The number of anilines is 1.